The van der Waals surface area contributed by atoms with Crippen LogP contribution in [-0.4, -0.2) is 37.9 Å². The van der Waals surface area contributed by atoms with Crippen LogP contribution in [0.25, 0.3) is 0 Å². The molecule has 0 bridgehead atoms. The fourth-order valence-electron chi connectivity index (χ4n) is 1.57. The quantitative estimate of drug-likeness (QED) is 0.540. The molecule has 82 valence electrons. The number of urea groups is 1. The van der Waals surface area contributed by atoms with Gasteiger partial charge in [-0.1, -0.05) is 0 Å². The number of primary amides is 1. The van der Waals surface area contributed by atoms with Crippen LogP contribution in [0.4, 0.5) is 4.79 Å². The molecule has 0 radical (unpaired) electrons. The highest BCUT2D eigenvalue weighted by Crippen LogP contribution is 2.17. The summed E-state index contributed by atoms with van der Waals surface area (Å²) in [6, 6.07) is -0.475. The van der Waals surface area contributed by atoms with Crippen molar-refractivity contribution in [2.45, 2.75) is 32.0 Å². The minimum atomic E-state index is -0.475. The summed E-state index contributed by atoms with van der Waals surface area (Å²) in [4.78, 5) is 10.3. The van der Waals surface area contributed by atoms with Gasteiger partial charge in [0.05, 0.1) is 12.2 Å². The van der Waals surface area contributed by atoms with Crippen LogP contribution in [0.2, 0.25) is 0 Å². The highest BCUT2D eigenvalue weighted by molar-refractivity contribution is 5.71. The Morgan fingerprint density at radius 3 is 2.86 bits per heavy atom. The van der Waals surface area contributed by atoms with E-state index in [4.69, 9.17) is 10.5 Å². The number of carbonyl (C=O) groups excluding carboxylic acids is 1. The first kappa shape index (κ1) is 11.3. The topological polar surface area (TPSA) is 76.4 Å². The Morgan fingerprint density at radius 1 is 1.50 bits per heavy atom. The molecule has 0 spiro atoms. The Labute approximate surface area is 84.4 Å². The molecule has 5 heteroatoms. The Kier molecular flexibility index (Phi) is 4.69. The fraction of sp³-hybridized carbons (Fsp3) is 0.889. The first-order valence-electron chi connectivity index (χ1n) is 5.08. The minimum Gasteiger partial charge on any atom is -0.374 e. The van der Waals surface area contributed by atoms with Crippen molar-refractivity contribution in [3.8, 4) is 0 Å². The monoisotopic (exact) mass is 201 g/mol. The number of nitrogens with one attached hydrogen (secondary N) is 2. The first-order chi connectivity index (χ1) is 6.68. The van der Waals surface area contributed by atoms with Crippen molar-refractivity contribution in [1.82, 2.24) is 10.6 Å². The molecule has 0 saturated carbocycles. The van der Waals surface area contributed by atoms with Crippen molar-refractivity contribution in [3.63, 3.8) is 0 Å². The molecule has 4 N–H and O–H groups in total. The average Bonchev–Trinajstić information content (AvgIpc) is 2.50. The number of rotatable bonds is 5. The van der Waals surface area contributed by atoms with Crippen molar-refractivity contribution in [3.05, 3.63) is 0 Å². The molecule has 5 nitrogen and oxygen atoms in total. The van der Waals surface area contributed by atoms with Gasteiger partial charge in [0.2, 0.25) is 0 Å². The molecule has 1 aliphatic rings. The second-order valence-corrected chi connectivity index (χ2v) is 3.64. The van der Waals surface area contributed by atoms with Crippen LogP contribution in [0, 0.1) is 0 Å². The predicted molar refractivity (Wildman–Crippen MR) is 54.0 cm³/mol. The van der Waals surface area contributed by atoms with E-state index < -0.39 is 6.03 Å². The van der Waals surface area contributed by atoms with E-state index in [2.05, 4.69) is 17.6 Å². The molecule has 1 saturated heterocycles. The smallest absolute Gasteiger partial charge is 0.312 e. The van der Waals surface area contributed by atoms with Crippen LogP contribution in [0.5, 0.6) is 0 Å². The molecule has 1 heterocycles. The summed E-state index contributed by atoms with van der Waals surface area (Å²) in [5, 5.41) is 5.72. The largest absolute Gasteiger partial charge is 0.374 e. The van der Waals surface area contributed by atoms with E-state index >= 15 is 0 Å². The number of amides is 2. The van der Waals surface area contributed by atoms with Crippen LogP contribution in [0.1, 0.15) is 19.8 Å². The van der Waals surface area contributed by atoms with Crippen LogP contribution in [0.15, 0.2) is 0 Å². The van der Waals surface area contributed by atoms with Crippen molar-refractivity contribution in [2.24, 2.45) is 5.73 Å². The maximum absolute atomic E-state index is 10.3. The summed E-state index contributed by atoms with van der Waals surface area (Å²) in [6.45, 7) is 4.24. The summed E-state index contributed by atoms with van der Waals surface area (Å²) in [5.41, 5.74) is 4.91. The lowest BCUT2D eigenvalue weighted by atomic mass is 10.2. The van der Waals surface area contributed by atoms with Gasteiger partial charge in [-0.25, -0.2) is 4.79 Å². The Hall–Kier alpha value is -0.810. The van der Waals surface area contributed by atoms with Gasteiger partial charge in [0, 0.05) is 19.6 Å². The molecule has 0 aromatic carbocycles. The zero-order valence-electron chi connectivity index (χ0n) is 8.58. The normalized spacial score (nSPS) is 26.4. The lowest BCUT2D eigenvalue weighted by Gasteiger charge is -2.11. The zero-order valence-corrected chi connectivity index (χ0v) is 8.58. The molecular formula is C9H19N3O2. The third kappa shape index (κ3) is 4.43. The number of carbonyl (C=O) groups is 1. The van der Waals surface area contributed by atoms with Gasteiger partial charge in [-0.3, -0.25) is 0 Å². The van der Waals surface area contributed by atoms with Crippen molar-refractivity contribution in [2.75, 3.05) is 19.6 Å². The molecule has 0 aromatic heterocycles. The fourth-order valence-corrected chi connectivity index (χ4v) is 1.57. The van der Waals surface area contributed by atoms with E-state index in [-0.39, 0.29) is 0 Å². The lowest BCUT2D eigenvalue weighted by molar-refractivity contribution is 0.0563. The Bertz CT molecular complexity index is 187. The molecule has 0 aliphatic carbocycles. The lowest BCUT2D eigenvalue weighted by Crippen LogP contribution is -2.37. The highest BCUT2D eigenvalue weighted by atomic mass is 16.5. The third-order valence-electron chi connectivity index (χ3n) is 2.29. The third-order valence-corrected chi connectivity index (χ3v) is 2.29. The number of hydrogen-bond donors (Lipinski definition) is 3. The van der Waals surface area contributed by atoms with Gasteiger partial charge in [-0.05, 0) is 19.8 Å². The van der Waals surface area contributed by atoms with Gasteiger partial charge in [0.1, 0.15) is 0 Å². The summed E-state index contributed by atoms with van der Waals surface area (Å²) >= 11 is 0. The van der Waals surface area contributed by atoms with Crippen LogP contribution >= 0.6 is 0 Å². The van der Waals surface area contributed by atoms with E-state index in [0.29, 0.717) is 18.8 Å². The number of ether oxygens (including phenoxy) is 1. The summed E-state index contributed by atoms with van der Waals surface area (Å²) in [5.74, 6) is 0. The Morgan fingerprint density at radius 2 is 2.29 bits per heavy atom. The van der Waals surface area contributed by atoms with E-state index in [1.807, 2.05) is 0 Å². The molecular weight excluding hydrogens is 182 g/mol. The highest BCUT2D eigenvalue weighted by Gasteiger charge is 2.20. The van der Waals surface area contributed by atoms with Gasteiger partial charge in [0.25, 0.3) is 0 Å². The Balaban J connectivity index is 1.91. The van der Waals surface area contributed by atoms with Gasteiger partial charge in [0.15, 0.2) is 0 Å². The molecule has 2 atom stereocenters. The first-order valence-corrected chi connectivity index (χ1v) is 5.08. The second-order valence-electron chi connectivity index (χ2n) is 3.64. The van der Waals surface area contributed by atoms with Gasteiger partial charge in [-0.15, -0.1) is 0 Å². The molecule has 2 amide bonds. The minimum absolute atomic E-state index is 0.332. The SMILES string of the molecule is CC1CCC(CNCCNC(N)=O)O1. The van der Waals surface area contributed by atoms with Crippen LogP contribution in [-0.2, 0) is 4.74 Å². The molecule has 1 aliphatic heterocycles. The maximum Gasteiger partial charge on any atom is 0.312 e. The van der Waals surface area contributed by atoms with Crippen LogP contribution < -0.4 is 16.4 Å². The molecule has 0 aromatic rings. The molecule has 14 heavy (non-hydrogen) atoms. The van der Waals surface area contributed by atoms with Gasteiger partial charge in [-0.2, -0.15) is 0 Å². The molecule has 1 rings (SSSR count). The van der Waals surface area contributed by atoms with E-state index in [0.717, 1.165) is 25.9 Å². The summed E-state index contributed by atoms with van der Waals surface area (Å²) in [7, 11) is 0. The number of hydrogen-bond acceptors (Lipinski definition) is 3. The van der Waals surface area contributed by atoms with E-state index in [1.54, 1.807) is 0 Å². The van der Waals surface area contributed by atoms with Crippen molar-refractivity contribution >= 4 is 6.03 Å². The predicted octanol–water partition coefficient (Wildman–Crippen LogP) is -0.188. The van der Waals surface area contributed by atoms with Crippen LogP contribution in [0.3, 0.4) is 0 Å². The van der Waals surface area contributed by atoms with Crippen molar-refractivity contribution < 1.29 is 9.53 Å². The van der Waals surface area contributed by atoms with Gasteiger partial charge >= 0.3 is 6.03 Å². The van der Waals surface area contributed by atoms with Gasteiger partial charge < -0.3 is 21.1 Å². The van der Waals surface area contributed by atoms with Crippen molar-refractivity contribution in [1.29, 1.82) is 0 Å². The zero-order chi connectivity index (χ0) is 10.4. The standard InChI is InChI=1S/C9H19N3O2/c1-7-2-3-8(14-7)6-11-4-5-12-9(10)13/h7-8,11H,2-6H2,1H3,(H3,10,12,13). The second kappa shape index (κ2) is 5.82. The summed E-state index contributed by atoms with van der Waals surface area (Å²) in [6.07, 6.45) is 2.99. The maximum atomic E-state index is 10.3. The molecule has 2 unspecified atom stereocenters. The number of nitrogens with two attached hydrogens (primary N) is 1. The van der Waals surface area contributed by atoms with E-state index in [1.165, 1.54) is 0 Å². The average molecular weight is 201 g/mol. The van der Waals surface area contributed by atoms with E-state index in [9.17, 15) is 4.79 Å². The molecule has 1 fully saturated rings. The summed E-state index contributed by atoms with van der Waals surface area (Å²) < 4.78 is 5.61.